The lowest BCUT2D eigenvalue weighted by Crippen LogP contribution is -2.31. The number of methoxy groups -OCH3 is 1. The van der Waals surface area contributed by atoms with E-state index in [2.05, 4.69) is 20.4 Å². The van der Waals surface area contributed by atoms with Gasteiger partial charge in [-0.05, 0) is 31.2 Å². The molecule has 148 valence electrons. The maximum atomic E-state index is 5.36. The van der Waals surface area contributed by atoms with Crippen LogP contribution in [0.1, 0.15) is 11.4 Å². The van der Waals surface area contributed by atoms with E-state index < -0.39 is 0 Å². The molecule has 0 fully saturated rings. The second-order valence-electron chi connectivity index (χ2n) is 6.29. The fourth-order valence-corrected chi connectivity index (χ4v) is 2.86. The van der Waals surface area contributed by atoms with Gasteiger partial charge in [0.25, 0.3) is 0 Å². The first-order valence-corrected chi connectivity index (χ1v) is 9.15. The third-order valence-electron chi connectivity index (χ3n) is 4.26. The first-order chi connectivity index (χ1) is 14.2. The largest absolute Gasteiger partial charge is 0.479 e. The van der Waals surface area contributed by atoms with Crippen molar-refractivity contribution in [2.75, 3.05) is 20.3 Å². The second kappa shape index (κ2) is 8.57. The van der Waals surface area contributed by atoms with Gasteiger partial charge in [0.1, 0.15) is 17.0 Å². The Balaban J connectivity index is 0.000000188. The van der Waals surface area contributed by atoms with Crippen LogP contribution in [-0.4, -0.2) is 40.6 Å². The summed E-state index contributed by atoms with van der Waals surface area (Å²) in [5.41, 5.74) is 6.16. The van der Waals surface area contributed by atoms with Crippen LogP contribution in [0, 0.1) is 6.92 Å². The predicted molar refractivity (Wildman–Crippen MR) is 109 cm³/mol. The van der Waals surface area contributed by atoms with E-state index in [1.807, 2.05) is 60.2 Å². The van der Waals surface area contributed by atoms with E-state index in [0.717, 1.165) is 22.4 Å². The number of rotatable bonds is 3. The average molecular weight is 391 g/mol. The summed E-state index contributed by atoms with van der Waals surface area (Å²) < 4.78 is 12.3. The zero-order valence-corrected chi connectivity index (χ0v) is 16.2. The topological polar surface area (TPSA) is 86.7 Å². The van der Waals surface area contributed by atoms with Crippen LogP contribution in [0.15, 0.2) is 70.7 Å². The molecule has 0 saturated carbocycles. The molecule has 0 saturated heterocycles. The SMILES string of the molecule is COc1nc(C2=NCCON2)ccc1-n1cnc(C)c1.c1ccc2occc2c1. The molecule has 4 aromatic rings. The number of para-hydroxylation sites is 1. The van der Waals surface area contributed by atoms with E-state index in [4.69, 9.17) is 14.0 Å². The van der Waals surface area contributed by atoms with Gasteiger partial charge < -0.3 is 13.7 Å². The molecule has 1 aliphatic rings. The van der Waals surface area contributed by atoms with E-state index in [-0.39, 0.29) is 0 Å². The van der Waals surface area contributed by atoms with E-state index in [9.17, 15) is 0 Å². The molecule has 3 aromatic heterocycles. The van der Waals surface area contributed by atoms with Crippen LogP contribution in [0.5, 0.6) is 5.88 Å². The number of fused-ring (bicyclic) bond motifs is 1. The molecule has 0 bridgehead atoms. The average Bonchev–Trinajstić information content (AvgIpc) is 3.43. The Kier molecular flexibility index (Phi) is 5.53. The molecule has 8 nitrogen and oxygen atoms in total. The number of imidazole rings is 1. The lowest BCUT2D eigenvalue weighted by molar-refractivity contribution is 0.0824. The molecule has 1 aromatic carbocycles. The standard InChI is InChI=1S/C13H15N5O2.C8H6O/c1-9-7-18(8-15-9)11-4-3-10(16-13(11)19-2)12-14-5-6-20-17-12;1-2-4-8-7(3-1)5-6-9-8/h3-4,7-8H,5-6H2,1-2H3,(H,14,17);1-6H. The van der Waals surface area contributed by atoms with E-state index in [1.54, 1.807) is 19.7 Å². The van der Waals surface area contributed by atoms with Crippen molar-refractivity contribution in [2.45, 2.75) is 6.92 Å². The number of ether oxygens (including phenoxy) is 1. The number of benzene rings is 1. The Hall–Kier alpha value is -3.65. The highest BCUT2D eigenvalue weighted by atomic mass is 16.6. The first kappa shape index (κ1) is 18.7. The van der Waals surface area contributed by atoms with Crippen LogP contribution in [0.2, 0.25) is 0 Å². The summed E-state index contributed by atoms with van der Waals surface area (Å²) in [6.07, 6.45) is 5.34. The molecule has 0 spiro atoms. The molecule has 0 radical (unpaired) electrons. The van der Waals surface area contributed by atoms with Crippen LogP contribution < -0.4 is 10.2 Å². The summed E-state index contributed by atoms with van der Waals surface area (Å²) in [4.78, 5) is 18.1. The van der Waals surface area contributed by atoms with Gasteiger partial charge in [-0.1, -0.05) is 18.2 Å². The normalized spacial score (nSPS) is 13.2. The number of nitrogens with one attached hydrogen (secondary N) is 1. The number of furan rings is 1. The van der Waals surface area contributed by atoms with Crippen molar-refractivity contribution in [2.24, 2.45) is 4.99 Å². The van der Waals surface area contributed by atoms with Crippen LogP contribution in [0.4, 0.5) is 0 Å². The summed E-state index contributed by atoms with van der Waals surface area (Å²) in [6.45, 7) is 3.12. The summed E-state index contributed by atoms with van der Waals surface area (Å²) in [5.74, 6) is 1.12. The fourth-order valence-electron chi connectivity index (χ4n) is 2.86. The van der Waals surface area contributed by atoms with Crippen LogP contribution in [0.3, 0.4) is 0 Å². The number of nitrogens with zero attached hydrogens (tertiary/aromatic N) is 4. The minimum Gasteiger partial charge on any atom is -0.479 e. The second-order valence-corrected chi connectivity index (χ2v) is 6.29. The Labute approximate surface area is 167 Å². The molecular formula is C21H21N5O3. The van der Waals surface area contributed by atoms with Gasteiger partial charge in [0.15, 0.2) is 5.84 Å². The Morgan fingerprint density at radius 1 is 1.14 bits per heavy atom. The van der Waals surface area contributed by atoms with E-state index in [0.29, 0.717) is 30.6 Å². The number of pyridine rings is 1. The summed E-state index contributed by atoms with van der Waals surface area (Å²) in [6, 6.07) is 13.7. The van der Waals surface area contributed by atoms with Gasteiger partial charge in [-0.3, -0.25) is 9.83 Å². The van der Waals surface area contributed by atoms with Gasteiger partial charge in [-0.15, -0.1) is 0 Å². The van der Waals surface area contributed by atoms with Gasteiger partial charge in [-0.2, -0.15) is 0 Å². The van der Waals surface area contributed by atoms with Gasteiger partial charge in [0.05, 0.1) is 38.5 Å². The first-order valence-electron chi connectivity index (χ1n) is 9.15. The highest BCUT2D eigenvalue weighted by Gasteiger charge is 2.14. The maximum absolute atomic E-state index is 5.36. The summed E-state index contributed by atoms with van der Waals surface area (Å²) >= 11 is 0. The van der Waals surface area contributed by atoms with Gasteiger partial charge in [0, 0.05) is 11.6 Å². The van der Waals surface area contributed by atoms with Crippen molar-refractivity contribution < 1.29 is 14.0 Å². The number of hydroxylamine groups is 1. The molecule has 0 amide bonds. The van der Waals surface area contributed by atoms with Gasteiger partial charge in [0.2, 0.25) is 5.88 Å². The molecule has 0 unspecified atom stereocenters. The fraction of sp³-hybridized carbons (Fsp3) is 0.190. The monoisotopic (exact) mass is 391 g/mol. The number of hydrogen-bond acceptors (Lipinski definition) is 7. The minimum absolute atomic E-state index is 0.509. The van der Waals surface area contributed by atoms with Crippen molar-refractivity contribution in [3.8, 4) is 11.6 Å². The zero-order valence-electron chi connectivity index (χ0n) is 16.2. The predicted octanol–water partition coefficient (Wildman–Crippen LogP) is 3.30. The summed E-state index contributed by atoms with van der Waals surface area (Å²) in [7, 11) is 1.59. The number of aliphatic imine (C=N–C) groups is 1. The molecule has 5 rings (SSSR count). The molecule has 8 heteroatoms. The van der Waals surface area contributed by atoms with Crippen molar-refractivity contribution in [1.29, 1.82) is 0 Å². The molecule has 29 heavy (non-hydrogen) atoms. The van der Waals surface area contributed by atoms with Gasteiger partial charge in [-0.25, -0.2) is 15.4 Å². The van der Waals surface area contributed by atoms with Crippen molar-refractivity contribution in [1.82, 2.24) is 20.0 Å². The quantitative estimate of drug-likeness (QED) is 0.577. The van der Waals surface area contributed by atoms with Crippen LogP contribution in [0.25, 0.3) is 16.7 Å². The highest BCUT2D eigenvalue weighted by Crippen LogP contribution is 2.21. The molecule has 0 aliphatic carbocycles. The Morgan fingerprint density at radius 2 is 2.03 bits per heavy atom. The number of aryl methyl sites for hydroxylation is 1. The number of aromatic nitrogens is 3. The number of amidine groups is 1. The molecule has 1 N–H and O–H groups in total. The van der Waals surface area contributed by atoms with E-state index in [1.165, 1.54) is 0 Å². The molecular weight excluding hydrogens is 370 g/mol. The molecule has 4 heterocycles. The maximum Gasteiger partial charge on any atom is 0.238 e. The lowest BCUT2D eigenvalue weighted by atomic mass is 10.3. The number of hydrogen-bond donors (Lipinski definition) is 1. The van der Waals surface area contributed by atoms with E-state index >= 15 is 0 Å². The molecule has 0 atom stereocenters. The highest BCUT2D eigenvalue weighted by molar-refractivity contribution is 5.96. The van der Waals surface area contributed by atoms with Gasteiger partial charge >= 0.3 is 0 Å². The van der Waals surface area contributed by atoms with Crippen molar-refractivity contribution in [3.05, 3.63) is 72.6 Å². The minimum atomic E-state index is 0.509. The van der Waals surface area contributed by atoms with Crippen LogP contribution >= 0.6 is 0 Å². The van der Waals surface area contributed by atoms with Crippen molar-refractivity contribution >= 4 is 16.8 Å². The smallest absolute Gasteiger partial charge is 0.238 e. The van der Waals surface area contributed by atoms with Crippen LogP contribution in [-0.2, 0) is 4.84 Å². The molecule has 1 aliphatic heterocycles. The third kappa shape index (κ3) is 4.27. The Bertz CT molecular complexity index is 1100. The Morgan fingerprint density at radius 3 is 2.76 bits per heavy atom. The zero-order chi connectivity index (χ0) is 20.1. The lowest BCUT2D eigenvalue weighted by Gasteiger charge is -2.15. The summed E-state index contributed by atoms with van der Waals surface area (Å²) in [5, 5.41) is 1.16. The van der Waals surface area contributed by atoms with Crippen molar-refractivity contribution in [3.63, 3.8) is 0 Å². The third-order valence-corrected chi connectivity index (χ3v) is 4.26.